The monoisotopic (exact) mass is 281 g/mol. The summed E-state index contributed by atoms with van der Waals surface area (Å²) in [6, 6.07) is 8.37. The van der Waals surface area contributed by atoms with Crippen LogP contribution >= 0.6 is 23.2 Å². The number of halogens is 3. The summed E-state index contributed by atoms with van der Waals surface area (Å²) in [6.07, 6.45) is 0. The molecule has 18 heavy (non-hydrogen) atoms. The van der Waals surface area contributed by atoms with E-state index in [4.69, 9.17) is 28.5 Å². The minimum atomic E-state index is -0.541. The number of nitrogens with zero attached hydrogens (tertiary/aromatic N) is 1. The molecule has 2 aromatic rings. The van der Waals surface area contributed by atoms with Crippen molar-refractivity contribution >= 4 is 23.2 Å². The molecule has 90 valence electrons. The number of phenolic OH excluding ortho intramolecular Hbond substituents is 1. The van der Waals surface area contributed by atoms with Gasteiger partial charge >= 0.3 is 0 Å². The van der Waals surface area contributed by atoms with Crippen molar-refractivity contribution in [1.29, 1.82) is 5.26 Å². The molecule has 0 amide bonds. The van der Waals surface area contributed by atoms with Crippen LogP contribution in [-0.4, -0.2) is 5.11 Å². The third kappa shape index (κ3) is 2.26. The normalized spacial score (nSPS) is 10.1. The van der Waals surface area contributed by atoms with E-state index in [1.807, 2.05) is 6.07 Å². The van der Waals surface area contributed by atoms with Crippen LogP contribution in [0.2, 0.25) is 10.0 Å². The van der Waals surface area contributed by atoms with Crippen LogP contribution in [0.3, 0.4) is 0 Å². The summed E-state index contributed by atoms with van der Waals surface area (Å²) in [4.78, 5) is 0. The van der Waals surface area contributed by atoms with Crippen molar-refractivity contribution in [3.8, 4) is 22.9 Å². The Kier molecular flexibility index (Phi) is 3.42. The van der Waals surface area contributed by atoms with Gasteiger partial charge in [0, 0.05) is 22.2 Å². The topological polar surface area (TPSA) is 44.0 Å². The zero-order chi connectivity index (χ0) is 13.3. The summed E-state index contributed by atoms with van der Waals surface area (Å²) in [7, 11) is 0. The predicted octanol–water partition coefficient (Wildman–Crippen LogP) is 4.38. The first-order valence-electron chi connectivity index (χ1n) is 4.91. The number of hydrogen-bond donors (Lipinski definition) is 1. The van der Waals surface area contributed by atoms with Crippen LogP contribution in [0.25, 0.3) is 11.1 Å². The van der Waals surface area contributed by atoms with Gasteiger partial charge < -0.3 is 5.11 Å². The van der Waals surface area contributed by atoms with E-state index in [0.717, 1.165) is 0 Å². The van der Waals surface area contributed by atoms with Gasteiger partial charge in [0.15, 0.2) is 0 Å². The van der Waals surface area contributed by atoms with E-state index in [2.05, 4.69) is 0 Å². The number of aromatic hydroxyl groups is 1. The molecule has 5 heteroatoms. The van der Waals surface area contributed by atoms with Crippen LogP contribution in [0.4, 0.5) is 4.39 Å². The fourth-order valence-corrected chi connectivity index (χ4v) is 1.94. The number of benzene rings is 2. The second-order valence-electron chi connectivity index (χ2n) is 3.59. The predicted molar refractivity (Wildman–Crippen MR) is 68.2 cm³/mol. The molecule has 2 rings (SSSR count). The molecule has 0 aliphatic rings. The van der Waals surface area contributed by atoms with E-state index in [1.54, 1.807) is 0 Å². The summed E-state index contributed by atoms with van der Waals surface area (Å²) >= 11 is 11.5. The van der Waals surface area contributed by atoms with Crippen LogP contribution in [0.5, 0.6) is 5.75 Å². The van der Waals surface area contributed by atoms with E-state index in [1.165, 1.54) is 30.3 Å². The number of nitriles is 1. The molecule has 0 aromatic heterocycles. The third-order valence-electron chi connectivity index (χ3n) is 2.42. The molecule has 0 atom stereocenters. The Bertz CT molecular complexity index is 665. The summed E-state index contributed by atoms with van der Waals surface area (Å²) in [5.74, 6) is -0.749. The molecule has 0 saturated heterocycles. The molecule has 0 fully saturated rings. The summed E-state index contributed by atoms with van der Waals surface area (Å²) in [5, 5.41) is 19.1. The lowest BCUT2D eigenvalue weighted by molar-refractivity contribution is 0.476. The van der Waals surface area contributed by atoms with E-state index >= 15 is 0 Å². The van der Waals surface area contributed by atoms with Crippen LogP contribution < -0.4 is 0 Å². The Balaban J connectivity index is 2.71. The average Bonchev–Trinajstić information content (AvgIpc) is 2.33. The highest BCUT2D eigenvalue weighted by Crippen LogP contribution is 2.36. The zero-order valence-corrected chi connectivity index (χ0v) is 10.4. The standard InChI is InChI=1S/C13H6Cl2FNO/c14-8-1-2-12(16)9(4-8)10-3-7(6-17)11(15)5-13(10)18/h1-5,18H. The van der Waals surface area contributed by atoms with Gasteiger partial charge in [-0.2, -0.15) is 5.26 Å². The lowest BCUT2D eigenvalue weighted by Crippen LogP contribution is -1.88. The number of rotatable bonds is 1. The van der Waals surface area contributed by atoms with Crippen LogP contribution in [-0.2, 0) is 0 Å². The highest BCUT2D eigenvalue weighted by Gasteiger charge is 2.13. The molecule has 0 spiro atoms. The zero-order valence-electron chi connectivity index (χ0n) is 8.92. The molecule has 0 radical (unpaired) electrons. The first kappa shape index (κ1) is 12.7. The van der Waals surface area contributed by atoms with Crippen molar-refractivity contribution in [3.05, 3.63) is 51.8 Å². The Labute approximate surface area is 113 Å². The van der Waals surface area contributed by atoms with Crippen molar-refractivity contribution in [3.63, 3.8) is 0 Å². The van der Waals surface area contributed by atoms with E-state index in [0.29, 0.717) is 5.02 Å². The summed E-state index contributed by atoms with van der Waals surface area (Å²) in [5.41, 5.74) is 0.452. The third-order valence-corrected chi connectivity index (χ3v) is 2.97. The van der Waals surface area contributed by atoms with E-state index in [9.17, 15) is 9.50 Å². The van der Waals surface area contributed by atoms with Crippen LogP contribution in [0.1, 0.15) is 5.56 Å². The summed E-state index contributed by atoms with van der Waals surface area (Å²) < 4.78 is 13.7. The molecule has 2 aromatic carbocycles. The first-order valence-corrected chi connectivity index (χ1v) is 5.66. The molecule has 0 saturated carbocycles. The minimum absolute atomic E-state index is 0.112. The van der Waals surface area contributed by atoms with Gasteiger partial charge in [-0.05, 0) is 24.3 Å². The Morgan fingerprint density at radius 2 is 1.83 bits per heavy atom. The minimum Gasteiger partial charge on any atom is -0.507 e. The number of phenols is 1. The maximum Gasteiger partial charge on any atom is 0.131 e. The van der Waals surface area contributed by atoms with Gasteiger partial charge in [0.25, 0.3) is 0 Å². The fraction of sp³-hybridized carbons (Fsp3) is 0. The van der Waals surface area contributed by atoms with Crippen molar-refractivity contribution in [2.75, 3.05) is 0 Å². The van der Waals surface area contributed by atoms with Crippen molar-refractivity contribution in [2.45, 2.75) is 0 Å². The highest BCUT2D eigenvalue weighted by atomic mass is 35.5. The maximum atomic E-state index is 13.7. The smallest absolute Gasteiger partial charge is 0.131 e. The molecule has 0 aliphatic heterocycles. The van der Waals surface area contributed by atoms with Gasteiger partial charge in [-0.3, -0.25) is 0 Å². The lowest BCUT2D eigenvalue weighted by atomic mass is 10.0. The van der Waals surface area contributed by atoms with Crippen molar-refractivity contribution < 1.29 is 9.50 Å². The van der Waals surface area contributed by atoms with E-state index in [-0.39, 0.29) is 27.5 Å². The molecule has 0 heterocycles. The Morgan fingerprint density at radius 3 is 2.50 bits per heavy atom. The molecule has 2 nitrogen and oxygen atoms in total. The van der Waals surface area contributed by atoms with Crippen LogP contribution in [0.15, 0.2) is 30.3 Å². The van der Waals surface area contributed by atoms with Crippen molar-refractivity contribution in [2.24, 2.45) is 0 Å². The molecule has 0 bridgehead atoms. The molecule has 0 aliphatic carbocycles. The SMILES string of the molecule is N#Cc1cc(-c2cc(Cl)ccc2F)c(O)cc1Cl. The second kappa shape index (κ2) is 4.85. The van der Waals surface area contributed by atoms with Gasteiger partial charge in [0.05, 0.1) is 10.6 Å². The molecule has 1 N–H and O–H groups in total. The van der Waals surface area contributed by atoms with Gasteiger partial charge in [-0.15, -0.1) is 0 Å². The molecule has 0 unspecified atom stereocenters. The maximum absolute atomic E-state index is 13.7. The second-order valence-corrected chi connectivity index (χ2v) is 4.43. The van der Waals surface area contributed by atoms with E-state index < -0.39 is 5.82 Å². The highest BCUT2D eigenvalue weighted by molar-refractivity contribution is 6.32. The Hall–Kier alpha value is -1.76. The van der Waals surface area contributed by atoms with Gasteiger partial charge in [0.1, 0.15) is 17.6 Å². The fourth-order valence-electron chi connectivity index (χ4n) is 1.57. The quantitative estimate of drug-likeness (QED) is 0.843. The summed E-state index contributed by atoms with van der Waals surface area (Å²) in [6.45, 7) is 0. The largest absolute Gasteiger partial charge is 0.507 e. The Morgan fingerprint density at radius 1 is 1.11 bits per heavy atom. The van der Waals surface area contributed by atoms with Gasteiger partial charge in [-0.25, -0.2) is 4.39 Å². The van der Waals surface area contributed by atoms with Crippen molar-refractivity contribution in [1.82, 2.24) is 0 Å². The van der Waals surface area contributed by atoms with Gasteiger partial charge in [-0.1, -0.05) is 23.2 Å². The average molecular weight is 282 g/mol. The molecular formula is C13H6Cl2FNO. The number of hydrogen-bond acceptors (Lipinski definition) is 2. The molecular weight excluding hydrogens is 276 g/mol. The van der Waals surface area contributed by atoms with Crippen LogP contribution in [0, 0.1) is 17.1 Å². The first-order chi connectivity index (χ1) is 8.52. The van der Waals surface area contributed by atoms with Gasteiger partial charge in [0.2, 0.25) is 0 Å². The lowest BCUT2D eigenvalue weighted by Gasteiger charge is -2.08.